The highest BCUT2D eigenvalue weighted by atomic mass is 35.5. The minimum atomic E-state index is -3.60. The van der Waals surface area contributed by atoms with Crippen molar-refractivity contribution in [3.8, 4) is 0 Å². The van der Waals surface area contributed by atoms with E-state index in [1.54, 1.807) is 12.1 Å². The first-order valence-corrected chi connectivity index (χ1v) is 11.3. The molecule has 3 aliphatic heterocycles. The van der Waals surface area contributed by atoms with E-state index in [9.17, 15) is 13.2 Å². The molecule has 1 aromatic carbocycles. The summed E-state index contributed by atoms with van der Waals surface area (Å²) in [6, 6.07) is 6.81. The maximum Gasteiger partial charge on any atom is 0.254 e. The lowest BCUT2D eigenvalue weighted by atomic mass is 10.1. The third-order valence-electron chi connectivity index (χ3n) is 5.83. The molecule has 0 spiro atoms. The van der Waals surface area contributed by atoms with Crippen LogP contribution >= 0.6 is 12.4 Å². The Balaban J connectivity index is 0.00000225. The summed E-state index contributed by atoms with van der Waals surface area (Å²) in [4.78, 5) is 15.2. The molecule has 1 amide bonds. The summed E-state index contributed by atoms with van der Waals surface area (Å²) in [5, 5.41) is 3.39. The average molecular weight is 430 g/mol. The fourth-order valence-corrected chi connectivity index (χ4v) is 5.40. The van der Waals surface area contributed by atoms with Gasteiger partial charge in [0, 0.05) is 37.3 Å². The summed E-state index contributed by atoms with van der Waals surface area (Å²) >= 11 is 0. The molecule has 2 bridgehead atoms. The minimum Gasteiger partial charge on any atom is -0.377 e. The second-order valence-electron chi connectivity index (χ2n) is 7.60. The van der Waals surface area contributed by atoms with Gasteiger partial charge in [0.05, 0.1) is 11.0 Å². The van der Waals surface area contributed by atoms with Crippen LogP contribution in [0.15, 0.2) is 29.2 Å². The van der Waals surface area contributed by atoms with E-state index in [4.69, 9.17) is 4.74 Å². The highest BCUT2D eigenvalue weighted by Crippen LogP contribution is 2.29. The molecule has 0 saturated carbocycles. The molecule has 3 saturated heterocycles. The molecule has 3 aliphatic rings. The van der Waals surface area contributed by atoms with Crippen LogP contribution in [0.3, 0.4) is 0 Å². The number of nitrogens with one attached hydrogen (secondary N) is 2. The van der Waals surface area contributed by atoms with Gasteiger partial charge in [0.25, 0.3) is 5.91 Å². The Morgan fingerprint density at radius 2 is 1.89 bits per heavy atom. The van der Waals surface area contributed by atoms with Crippen LogP contribution in [0.5, 0.6) is 0 Å². The van der Waals surface area contributed by atoms with Crippen molar-refractivity contribution in [3.63, 3.8) is 0 Å². The van der Waals surface area contributed by atoms with E-state index < -0.39 is 10.0 Å². The number of sulfonamides is 1. The van der Waals surface area contributed by atoms with E-state index in [0.717, 1.165) is 45.2 Å². The van der Waals surface area contributed by atoms with Crippen LogP contribution in [-0.2, 0) is 14.8 Å². The van der Waals surface area contributed by atoms with Gasteiger partial charge in [-0.25, -0.2) is 13.1 Å². The van der Waals surface area contributed by atoms with Gasteiger partial charge in [-0.1, -0.05) is 0 Å². The molecular formula is C19H28ClN3O4S. The number of carbonyl (C=O) groups excluding carboxylic acids is 1. The molecular weight excluding hydrogens is 402 g/mol. The third kappa shape index (κ3) is 4.52. The zero-order chi connectivity index (χ0) is 18.9. The largest absolute Gasteiger partial charge is 0.377 e. The van der Waals surface area contributed by atoms with Crippen molar-refractivity contribution in [2.45, 2.75) is 55.2 Å². The van der Waals surface area contributed by atoms with E-state index in [-0.39, 0.29) is 47.9 Å². The van der Waals surface area contributed by atoms with Crippen molar-refractivity contribution in [3.05, 3.63) is 29.8 Å². The number of fused-ring (bicyclic) bond motifs is 2. The van der Waals surface area contributed by atoms with Crippen LogP contribution in [0.4, 0.5) is 0 Å². The van der Waals surface area contributed by atoms with Crippen LogP contribution in [0.25, 0.3) is 0 Å². The summed E-state index contributed by atoms with van der Waals surface area (Å²) in [5.74, 6) is 0.00228. The second-order valence-corrected chi connectivity index (χ2v) is 9.37. The van der Waals surface area contributed by atoms with Crippen LogP contribution in [0.2, 0.25) is 0 Å². The number of ether oxygens (including phenoxy) is 1. The van der Waals surface area contributed by atoms with Gasteiger partial charge in [-0.3, -0.25) is 4.79 Å². The Morgan fingerprint density at radius 3 is 2.61 bits per heavy atom. The van der Waals surface area contributed by atoms with Gasteiger partial charge in [-0.15, -0.1) is 12.4 Å². The summed E-state index contributed by atoms with van der Waals surface area (Å²) in [6.45, 7) is 2.75. The van der Waals surface area contributed by atoms with Crippen LogP contribution in [-0.4, -0.2) is 63.7 Å². The quantitative estimate of drug-likeness (QED) is 0.741. The molecule has 0 radical (unpaired) electrons. The summed E-state index contributed by atoms with van der Waals surface area (Å²) in [7, 11) is -3.60. The number of hydrogen-bond acceptors (Lipinski definition) is 5. The first kappa shape index (κ1) is 21.5. The highest BCUT2D eigenvalue weighted by Gasteiger charge is 2.38. The highest BCUT2D eigenvalue weighted by molar-refractivity contribution is 7.89. The lowest BCUT2D eigenvalue weighted by Gasteiger charge is -2.28. The number of halogens is 1. The SMILES string of the molecule is Cl.O=C(c1ccc(S(=O)(=O)NCC2CCCO2)cc1)N1C2CCNCC1CC2. The number of amides is 1. The van der Waals surface area contributed by atoms with Crippen molar-refractivity contribution >= 4 is 28.3 Å². The molecule has 9 heteroatoms. The maximum absolute atomic E-state index is 13.0. The van der Waals surface area contributed by atoms with Crippen molar-refractivity contribution in [1.29, 1.82) is 0 Å². The molecule has 156 valence electrons. The predicted octanol–water partition coefficient (Wildman–Crippen LogP) is 1.53. The number of hydrogen-bond donors (Lipinski definition) is 2. The standard InChI is InChI=1S/C19H27N3O4S.ClH/c23-19(22-15-5-6-16(22)12-20-10-9-15)14-3-7-18(8-4-14)27(24,25)21-13-17-2-1-11-26-17;/h3-4,7-8,15-17,20-21H,1-2,5-6,9-13H2;1H. The van der Waals surface area contributed by atoms with Gasteiger partial charge in [0.15, 0.2) is 0 Å². The van der Waals surface area contributed by atoms with Crippen LogP contribution in [0, 0.1) is 0 Å². The fraction of sp³-hybridized carbons (Fsp3) is 0.632. The second kappa shape index (κ2) is 9.09. The topological polar surface area (TPSA) is 87.7 Å². The molecule has 28 heavy (non-hydrogen) atoms. The average Bonchev–Trinajstić information content (AvgIpc) is 3.26. The van der Waals surface area contributed by atoms with Crippen molar-refractivity contribution in [2.24, 2.45) is 0 Å². The molecule has 1 aromatic rings. The summed E-state index contributed by atoms with van der Waals surface area (Å²) < 4.78 is 33.0. The smallest absolute Gasteiger partial charge is 0.254 e. The molecule has 3 unspecified atom stereocenters. The minimum absolute atomic E-state index is 0. The number of benzene rings is 1. The molecule has 3 fully saturated rings. The first-order chi connectivity index (χ1) is 13.0. The van der Waals surface area contributed by atoms with E-state index in [0.29, 0.717) is 12.2 Å². The van der Waals surface area contributed by atoms with Gasteiger partial charge in [-0.2, -0.15) is 0 Å². The Hall–Kier alpha value is -1.19. The molecule has 3 heterocycles. The zero-order valence-corrected chi connectivity index (χ0v) is 17.4. The maximum atomic E-state index is 13.0. The normalized spacial score (nSPS) is 27.3. The summed E-state index contributed by atoms with van der Waals surface area (Å²) in [6.07, 6.45) is 4.86. The number of nitrogens with zero attached hydrogens (tertiary/aromatic N) is 1. The Bertz CT molecular complexity index is 767. The van der Waals surface area contributed by atoms with Gasteiger partial charge in [0.2, 0.25) is 10.0 Å². The molecule has 4 rings (SSSR count). The first-order valence-electron chi connectivity index (χ1n) is 9.79. The Morgan fingerprint density at radius 1 is 1.14 bits per heavy atom. The summed E-state index contributed by atoms with van der Waals surface area (Å²) in [5.41, 5.74) is 0.548. The van der Waals surface area contributed by atoms with E-state index >= 15 is 0 Å². The third-order valence-corrected chi connectivity index (χ3v) is 7.26. The molecule has 2 N–H and O–H groups in total. The Labute approximate surface area is 172 Å². The van der Waals surface area contributed by atoms with Crippen LogP contribution < -0.4 is 10.0 Å². The molecule has 7 nitrogen and oxygen atoms in total. The lowest BCUT2D eigenvalue weighted by Crippen LogP contribution is -2.42. The van der Waals surface area contributed by atoms with Gasteiger partial charge in [-0.05, 0) is 62.9 Å². The fourth-order valence-electron chi connectivity index (χ4n) is 4.33. The Kier molecular flexibility index (Phi) is 6.98. The van der Waals surface area contributed by atoms with E-state index in [1.165, 1.54) is 12.1 Å². The number of rotatable bonds is 5. The molecule has 0 aromatic heterocycles. The van der Waals surface area contributed by atoms with Crippen molar-refractivity contribution < 1.29 is 17.9 Å². The van der Waals surface area contributed by atoms with Gasteiger partial charge < -0.3 is 15.0 Å². The van der Waals surface area contributed by atoms with Gasteiger partial charge >= 0.3 is 0 Å². The lowest BCUT2D eigenvalue weighted by molar-refractivity contribution is 0.0680. The predicted molar refractivity (Wildman–Crippen MR) is 108 cm³/mol. The van der Waals surface area contributed by atoms with Gasteiger partial charge in [0.1, 0.15) is 0 Å². The molecule has 0 aliphatic carbocycles. The monoisotopic (exact) mass is 429 g/mol. The van der Waals surface area contributed by atoms with E-state index in [2.05, 4.69) is 10.0 Å². The zero-order valence-electron chi connectivity index (χ0n) is 15.8. The number of carbonyl (C=O) groups is 1. The van der Waals surface area contributed by atoms with E-state index in [1.807, 2.05) is 4.90 Å². The molecule has 3 atom stereocenters. The van der Waals surface area contributed by atoms with Crippen LogP contribution in [0.1, 0.15) is 42.5 Å². The van der Waals surface area contributed by atoms with Crippen molar-refractivity contribution in [1.82, 2.24) is 14.9 Å². The van der Waals surface area contributed by atoms with Crippen molar-refractivity contribution in [2.75, 3.05) is 26.2 Å².